The fraction of sp³-hybridized carbons (Fsp3) is 0.588. The lowest BCUT2D eigenvalue weighted by Gasteiger charge is -2.29. The third-order valence-electron chi connectivity index (χ3n) is 5.02. The molecule has 1 saturated carbocycles. The van der Waals surface area contributed by atoms with Gasteiger partial charge in [0.25, 0.3) is 11.8 Å². The van der Waals surface area contributed by atoms with E-state index in [1.54, 1.807) is 6.20 Å². The van der Waals surface area contributed by atoms with Gasteiger partial charge in [0.15, 0.2) is 0 Å². The van der Waals surface area contributed by atoms with Crippen LogP contribution in [0.5, 0.6) is 5.88 Å². The molecule has 0 spiro atoms. The van der Waals surface area contributed by atoms with Gasteiger partial charge in [-0.25, -0.2) is 9.48 Å². The monoisotopic (exact) mass is 455 g/mol. The van der Waals surface area contributed by atoms with Gasteiger partial charge in [-0.2, -0.15) is 0 Å². The Labute approximate surface area is 169 Å². The maximum absolute atomic E-state index is 12.8. The molecule has 1 aliphatic carbocycles. The molecule has 0 aliphatic heterocycles. The Hall–Kier alpha value is -2.43. The zero-order valence-electron chi connectivity index (χ0n) is 15.6. The topological polar surface area (TPSA) is 132 Å². The number of hydrogen-bond donors (Lipinski definition) is 2. The molecule has 1 fully saturated rings. The summed E-state index contributed by atoms with van der Waals surface area (Å²) in [7, 11) is 1.43. The normalized spacial score (nSPS) is 17.1. The zero-order valence-corrected chi connectivity index (χ0v) is 17.2. The summed E-state index contributed by atoms with van der Waals surface area (Å²) in [6.45, 7) is 1.52. The number of nitrogens with one attached hydrogen (secondary N) is 1. The molecule has 152 valence electrons. The Bertz CT molecular complexity index is 845. The van der Waals surface area contributed by atoms with Crippen LogP contribution in [-0.2, 0) is 4.79 Å². The van der Waals surface area contributed by atoms with Crippen molar-refractivity contribution in [3.8, 4) is 5.88 Å². The highest BCUT2D eigenvalue weighted by molar-refractivity contribution is 9.10. The van der Waals surface area contributed by atoms with E-state index in [0.717, 1.165) is 32.1 Å². The minimum atomic E-state index is -1.01. The maximum Gasteiger partial charge on any atom is 0.328 e. The van der Waals surface area contributed by atoms with E-state index >= 15 is 0 Å². The van der Waals surface area contributed by atoms with E-state index in [4.69, 9.17) is 9.26 Å². The molecule has 28 heavy (non-hydrogen) atoms. The number of hydrogen-bond acceptors (Lipinski definition) is 7. The summed E-state index contributed by atoms with van der Waals surface area (Å²) in [6, 6.07) is -1.26. The van der Waals surface area contributed by atoms with Crippen LogP contribution in [0.3, 0.4) is 0 Å². The third kappa shape index (κ3) is 4.18. The number of carboxylic acids is 1. The smallest absolute Gasteiger partial charge is 0.328 e. The highest BCUT2D eigenvalue weighted by atomic mass is 79.9. The molecule has 1 aliphatic rings. The van der Waals surface area contributed by atoms with Crippen LogP contribution in [0.2, 0.25) is 0 Å². The van der Waals surface area contributed by atoms with Crippen LogP contribution in [0, 0.1) is 5.92 Å². The SMILES string of the molecule is COc1noc(C(=O)NC(c2cn(C(C)C(=O)O)nn2)C2CCCCC2)c1Br. The molecule has 2 aromatic heterocycles. The van der Waals surface area contributed by atoms with Crippen molar-refractivity contribution < 1.29 is 24.0 Å². The molecule has 2 N–H and O–H groups in total. The second-order valence-corrected chi connectivity index (χ2v) is 7.61. The number of rotatable bonds is 7. The average molecular weight is 456 g/mol. The summed E-state index contributed by atoms with van der Waals surface area (Å²) in [5.41, 5.74) is 0.524. The van der Waals surface area contributed by atoms with E-state index in [-0.39, 0.29) is 17.6 Å². The van der Waals surface area contributed by atoms with Crippen LogP contribution in [-0.4, -0.2) is 44.2 Å². The van der Waals surface area contributed by atoms with Crippen molar-refractivity contribution in [2.75, 3.05) is 7.11 Å². The molecule has 1 amide bonds. The highest BCUT2D eigenvalue weighted by Crippen LogP contribution is 2.35. The average Bonchev–Trinajstić information content (AvgIpc) is 3.32. The maximum atomic E-state index is 12.8. The second kappa shape index (κ2) is 8.72. The quantitative estimate of drug-likeness (QED) is 0.650. The van der Waals surface area contributed by atoms with E-state index < -0.39 is 24.0 Å². The van der Waals surface area contributed by atoms with Crippen molar-refractivity contribution in [1.82, 2.24) is 25.5 Å². The molecular weight excluding hydrogens is 434 g/mol. The van der Waals surface area contributed by atoms with E-state index in [0.29, 0.717) is 10.2 Å². The first-order valence-corrected chi connectivity index (χ1v) is 9.86. The highest BCUT2D eigenvalue weighted by Gasteiger charge is 2.32. The Morgan fingerprint density at radius 3 is 2.71 bits per heavy atom. The van der Waals surface area contributed by atoms with Gasteiger partial charge in [0, 0.05) is 0 Å². The molecule has 0 bridgehead atoms. The van der Waals surface area contributed by atoms with Crippen molar-refractivity contribution in [2.24, 2.45) is 5.92 Å². The van der Waals surface area contributed by atoms with Crippen LogP contribution in [0.15, 0.2) is 15.2 Å². The summed E-state index contributed by atoms with van der Waals surface area (Å²) in [5.74, 6) is -1.11. The van der Waals surface area contributed by atoms with Crippen LogP contribution in [0.4, 0.5) is 0 Å². The fourth-order valence-electron chi connectivity index (χ4n) is 3.38. The second-order valence-electron chi connectivity index (χ2n) is 6.82. The van der Waals surface area contributed by atoms with Gasteiger partial charge < -0.3 is 19.7 Å². The van der Waals surface area contributed by atoms with Crippen LogP contribution in [0.25, 0.3) is 0 Å². The van der Waals surface area contributed by atoms with Gasteiger partial charge >= 0.3 is 5.97 Å². The summed E-state index contributed by atoms with van der Waals surface area (Å²) < 4.78 is 11.7. The number of carboxylic acid groups (broad SMARTS) is 1. The van der Waals surface area contributed by atoms with Gasteiger partial charge in [0.2, 0.25) is 5.76 Å². The van der Waals surface area contributed by atoms with Crippen molar-refractivity contribution >= 4 is 27.8 Å². The van der Waals surface area contributed by atoms with Crippen LogP contribution >= 0.6 is 15.9 Å². The van der Waals surface area contributed by atoms with E-state index in [1.165, 1.54) is 18.7 Å². The molecule has 2 aromatic rings. The predicted molar refractivity (Wildman–Crippen MR) is 99.9 cm³/mol. The lowest BCUT2D eigenvalue weighted by Crippen LogP contribution is -2.34. The first-order valence-electron chi connectivity index (χ1n) is 9.07. The van der Waals surface area contributed by atoms with Gasteiger partial charge in [-0.3, -0.25) is 4.79 Å². The molecule has 0 saturated heterocycles. The standard InChI is InChI=1S/C17H22BrN5O5/c1-9(17(25)26)23-8-11(20-22-23)13(10-6-4-3-5-7-10)19-15(24)14-12(18)16(27-2)21-28-14/h8-10,13H,3-7H2,1-2H3,(H,19,24)(H,25,26). The molecule has 0 aromatic carbocycles. The summed E-state index contributed by atoms with van der Waals surface area (Å²) in [4.78, 5) is 24.0. The number of nitrogens with zero attached hydrogens (tertiary/aromatic N) is 4. The Morgan fingerprint density at radius 1 is 1.39 bits per heavy atom. The van der Waals surface area contributed by atoms with E-state index in [2.05, 4.69) is 36.7 Å². The predicted octanol–water partition coefficient (Wildman–Crippen LogP) is 2.73. The Morgan fingerprint density at radius 2 is 2.11 bits per heavy atom. The molecule has 3 rings (SSSR count). The van der Waals surface area contributed by atoms with Crippen molar-refractivity contribution in [3.05, 3.63) is 22.1 Å². The first kappa shape index (κ1) is 20.3. The number of carbonyl (C=O) groups is 2. The molecule has 11 heteroatoms. The molecule has 10 nitrogen and oxygen atoms in total. The van der Waals surface area contributed by atoms with Crippen LogP contribution in [0.1, 0.15) is 67.4 Å². The van der Waals surface area contributed by atoms with E-state index in [1.807, 2.05) is 0 Å². The Kier molecular flexibility index (Phi) is 6.32. The lowest BCUT2D eigenvalue weighted by molar-refractivity contribution is -0.140. The van der Waals surface area contributed by atoms with Crippen LogP contribution < -0.4 is 10.1 Å². The van der Waals surface area contributed by atoms with Gasteiger partial charge in [-0.15, -0.1) is 5.10 Å². The fourth-order valence-corrected chi connectivity index (χ4v) is 3.86. The largest absolute Gasteiger partial charge is 0.480 e. The lowest BCUT2D eigenvalue weighted by atomic mass is 9.82. The number of amides is 1. The summed E-state index contributed by atoms with van der Waals surface area (Å²) in [5, 5.41) is 23.9. The molecule has 2 unspecified atom stereocenters. The van der Waals surface area contributed by atoms with Gasteiger partial charge in [-0.05, 0) is 46.8 Å². The number of aromatic nitrogens is 4. The Balaban J connectivity index is 1.86. The summed E-state index contributed by atoms with van der Waals surface area (Å²) >= 11 is 3.25. The third-order valence-corrected chi connectivity index (χ3v) is 5.71. The minimum absolute atomic E-state index is 0.00366. The number of halogens is 1. The first-order chi connectivity index (χ1) is 13.4. The van der Waals surface area contributed by atoms with Crippen molar-refractivity contribution in [1.29, 1.82) is 0 Å². The molecular formula is C17H22BrN5O5. The van der Waals surface area contributed by atoms with Gasteiger partial charge in [0.1, 0.15) is 16.2 Å². The zero-order chi connectivity index (χ0) is 20.3. The van der Waals surface area contributed by atoms with Gasteiger partial charge in [0.05, 0.1) is 19.3 Å². The van der Waals surface area contributed by atoms with Crippen molar-refractivity contribution in [3.63, 3.8) is 0 Å². The number of carbonyl (C=O) groups excluding carboxylic acids is 1. The van der Waals surface area contributed by atoms with Crippen molar-refractivity contribution in [2.45, 2.75) is 51.1 Å². The minimum Gasteiger partial charge on any atom is -0.480 e. The summed E-state index contributed by atoms with van der Waals surface area (Å²) in [6.07, 6.45) is 6.74. The molecule has 2 heterocycles. The number of methoxy groups -OCH3 is 1. The molecule has 0 radical (unpaired) electrons. The van der Waals surface area contributed by atoms with E-state index in [9.17, 15) is 14.7 Å². The number of ether oxygens (including phenoxy) is 1. The number of aliphatic carboxylic acids is 1. The molecule has 2 atom stereocenters. The van der Waals surface area contributed by atoms with Gasteiger partial charge in [-0.1, -0.05) is 24.5 Å².